The van der Waals surface area contributed by atoms with Gasteiger partial charge in [0.25, 0.3) is 5.91 Å². The summed E-state index contributed by atoms with van der Waals surface area (Å²) in [4.78, 5) is 25.0. The molecule has 5 nitrogen and oxygen atoms in total. The molecule has 18 heavy (non-hydrogen) atoms. The molecule has 0 aromatic heterocycles. The Hall–Kier alpha value is -2.04. The smallest absolute Gasteiger partial charge is 0.251 e. The minimum atomic E-state index is -0.551. The summed E-state index contributed by atoms with van der Waals surface area (Å²) in [7, 11) is 3.30. The maximum Gasteiger partial charge on any atom is 0.251 e. The van der Waals surface area contributed by atoms with E-state index in [4.69, 9.17) is 5.73 Å². The van der Waals surface area contributed by atoms with E-state index in [2.05, 4.69) is 5.32 Å². The summed E-state index contributed by atoms with van der Waals surface area (Å²) >= 11 is 0. The molecule has 0 aliphatic carbocycles. The van der Waals surface area contributed by atoms with Crippen LogP contribution in [0.15, 0.2) is 18.2 Å². The summed E-state index contributed by atoms with van der Waals surface area (Å²) in [6.45, 7) is 3.49. The van der Waals surface area contributed by atoms with Crippen molar-refractivity contribution in [2.24, 2.45) is 0 Å². The zero-order valence-corrected chi connectivity index (χ0v) is 11.2. The highest BCUT2D eigenvalue weighted by atomic mass is 16.2. The molecule has 5 heteroatoms. The largest absolute Gasteiger partial charge is 0.399 e. The fraction of sp³-hybridized carbons (Fsp3) is 0.385. The number of hydrogen-bond acceptors (Lipinski definition) is 3. The van der Waals surface area contributed by atoms with E-state index in [1.54, 1.807) is 39.2 Å². The lowest BCUT2D eigenvalue weighted by Gasteiger charge is -2.18. The normalized spacial score (nSPS) is 11.8. The fourth-order valence-electron chi connectivity index (χ4n) is 1.55. The second-order valence-electron chi connectivity index (χ2n) is 4.50. The first-order chi connectivity index (χ1) is 8.32. The van der Waals surface area contributed by atoms with Crippen LogP contribution in [-0.4, -0.2) is 36.9 Å². The van der Waals surface area contributed by atoms with Crippen molar-refractivity contribution in [3.8, 4) is 0 Å². The van der Waals surface area contributed by atoms with E-state index in [0.717, 1.165) is 5.56 Å². The molecule has 3 N–H and O–H groups in total. The van der Waals surface area contributed by atoms with Gasteiger partial charge >= 0.3 is 0 Å². The molecule has 1 aromatic carbocycles. The maximum atomic E-state index is 11.9. The number of amides is 2. The molecule has 0 aliphatic rings. The summed E-state index contributed by atoms with van der Waals surface area (Å²) in [6.07, 6.45) is 0. The minimum Gasteiger partial charge on any atom is -0.399 e. The first kappa shape index (κ1) is 14.0. The van der Waals surface area contributed by atoms with Gasteiger partial charge in [-0.25, -0.2) is 0 Å². The Balaban J connectivity index is 2.76. The SMILES string of the molecule is Cc1cc(C(=O)NC(C)C(=O)N(C)C)ccc1N. The third-order valence-corrected chi connectivity index (χ3v) is 2.69. The van der Waals surface area contributed by atoms with Gasteiger partial charge in [-0.1, -0.05) is 0 Å². The van der Waals surface area contributed by atoms with Gasteiger partial charge in [-0.15, -0.1) is 0 Å². The van der Waals surface area contributed by atoms with Gasteiger partial charge in [0.05, 0.1) is 0 Å². The molecule has 0 aliphatic heterocycles. The van der Waals surface area contributed by atoms with Crippen LogP contribution in [0.2, 0.25) is 0 Å². The summed E-state index contributed by atoms with van der Waals surface area (Å²) in [5.41, 5.74) is 7.67. The molecule has 0 bridgehead atoms. The van der Waals surface area contributed by atoms with Crippen LogP contribution >= 0.6 is 0 Å². The highest BCUT2D eigenvalue weighted by Crippen LogP contribution is 2.12. The molecule has 0 fully saturated rings. The lowest BCUT2D eigenvalue weighted by atomic mass is 10.1. The number of carbonyl (C=O) groups excluding carboxylic acids is 2. The topological polar surface area (TPSA) is 75.4 Å². The molecule has 0 heterocycles. The zero-order chi connectivity index (χ0) is 13.9. The maximum absolute atomic E-state index is 11.9. The van der Waals surface area contributed by atoms with Gasteiger partial charge < -0.3 is 16.0 Å². The lowest BCUT2D eigenvalue weighted by Crippen LogP contribution is -2.44. The second-order valence-corrected chi connectivity index (χ2v) is 4.50. The van der Waals surface area contributed by atoms with Gasteiger partial charge in [0.1, 0.15) is 6.04 Å². The van der Waals surface area contributed by atoms with E-state index < -0.39 is 6.04 Å². The van der Waals surface area contributed by atoms with Crippen LogP contribution in [-0.2, 0) is 4.79 Å². The quantitative estimate of drug-likeness (QED) is 0.777. The molecule has 0 saturated heterocycles. The molecular formula is C13H19N3O2. The number of carbonyl (C=O) groups is 2. The van der Waals surface area contributed by atoms with Crippen LogP contribution in [0, 0.1) is 6.92 Å². The number of nitrogens with one attached hydrogen (secondary N) is 1. The molecule has 0 saturated carbocycles. The average Bonchev–Trinajstić information content (AvgIpc) is 2.31. The van der Waals surface area contributed by atoms with Crippen LogP contribution < -0.4 is 11.1 Å². The van der Waals surface area contributed by atoms with Crippen molar-refractivity contribution in [2.75, 3.05) is 19.8 Å². The number of anilines is 1. The highest BCUT2D eigenvalue weighted by molar-refractivity contribution is 5.97. The Morgan fingerprint density at radius 1 is 1.33 bits per heavy atom. The van der Waals surface area contributed by atoms with Gasteiger partial charge in [0.2, 0.25) is 5.91 Å². The Labute approximate surface area is 107 Å². The Morgan fingerprint density at radius 2 is 1.94 bits per heavy atom. The molecule has 1 aromatic rings. The summed E-state index contributed by atoms with van der Waals surface area (Å²) in [6, 6.07) is 4.48. The van der Waals surface area contributed by atoms with Gasteiger partial charge in [0, 0.05) is 25.3 Å². The van der Waals surface area contributed by atoms with E-state index in [-0.39, 0.29) is 11.8 Å². The molecular weight excluding hydrogens is 230 g/mol. The van der Waals surface area contributed by atoms with Crippen LogP contribution in [0.1, 0.15) is 22.8 Å². The Bertz CT molecular complexity index is 469. The second kappa shape index (κ2) is 5.53. The van der Waals surface area contributed by atoms with Gasteiger partial charge in [-0.3, -0.25) is 9.59 Å². The molecule has 0 radical (unpaired) electrons. The molecule has 1 atom stereocenters. The standard InChI is InChI=1S/C13H19N3O2/c1-8-7-10(5-6-11(8)14)12(17)15-9(2)13(18)16(3)4/h5-7,9H,14H2,1-4H3,(H,15,17). The highest BCUT2D eigenvalue weighted by Gasteiger charge is 2.18. The third-order valence-electron chi connectivity index (χ3n) is 2.69. The predicted octanol–water partition coefficient (Wildman–Crippen LogP) is 0.784. The molecule has 1 unspecified atom stereocenters. The first-order valence-electron chi connectivity index (χ1n) is 5.71. The number of nitrogens with two attached hydrogens (primary N) is 1. The molecule has 1 rings (SSSR count). The van der Waals surface area contributed by atoms with Crippen LogP contribution in [0.4, 0.5) is 5.69 Å². The van der Waals surface area contributed by atoms with E-state index in [0.29, 0.717) is 11.3 Å². The minimum absolute atomic E-state index is 0.143. The van der Waals surface area contributed by atoms with Gasteiger partial charge in [0.15, 0.2) is 0 Å². The summed E-state index contributed by atoms with van der Waals surface area (Å²) in [5.74, 6) is -0.420. The lowest BCUT2D eigenvalue weighted by molar-refractivity contribution is -0.130. The van der Waals surface area contributed by atoms with E-state index >= 15 is 0 Å². The number of benzene rings is 1. The van der Waals surface area contributed by atoms with Crippen LogP contribution in [0.3, 0.4) is 0 Å². The number of rotatable bonds is 3. The van der Waals surface area contributed by atoms with E-state index in [1.165, 1.54) is 4.90 Å². The third kappa shape index (κ3) is 3.23. The van der Waals surface area contributed by atoms with Crippen LogP contribution in [0.25, 0.3) is 0 Å². The van der Waals surface area contributed by atoms with E-state index in [1.807, 2.05) is 6.92 Å². The molecule has 2 amide bonds. The Kier molecular flexibility index (Phi) is 4.31. The number of nitrogens with zero attached hydrogens (tertiary/aromatic N) is 1. The fourth-order valence-corrected chi connectivity index (χ4v) is 1.55. The van der Waals surface area contributed by atoms with Gasteiger partial charge in [-0.05, 0) is 37.6 Å². The van der Waals surface area contributed by atoms with Crippen LogP contribution in [0.5, 0.6) is 0 Å². The van der Waals surface area contributed by atoms with Crippen molar-refractivity contribution < 1.29 is 9.59 Å². The van der Waals surface area contributed by atoms with Crippen molar-refractivity contribution in [1.82, 2.24) is 10.2 Å². The van der Waals surface area contributed by atoms with Crippen molar-refractivity contribution in [3.63, 3.8) is 0 Å². The number of nitrogen functional groups attached to an aromatic ring is 1. The van der Waals surface area contributed by atoms with Crippen molar-refractivity contribution in [3.05, 3.63) is 29.3 Å². The molecule has 0 spiro atoms. The number of hydrogen-bond donors (Lipinski definition) is 2. The van der Waals surface area contributed by atoms with Gasteiger partial charge in [-0.2, -0.15) is 0 Å². The van der Waals surface area contributed by atoms with Crippen molar-refractivity contribution in [1.29, 1.82) is 0 Å². The number of likely N-dealkylation sites (N-methyl/N-ethyl adjacent to an activating group) is 1. The monoisotopic (exact) mass is 249 g/mol. The van der Waals surface area contributed by atoms with Crippen molar-refractivity contribution in [2.45, 2.75) is 19.9 Å². The number of aryl methyl sites for hydroxylation is 1. The Morgan fingerprint density at radius 3 is 2.44 bits per heavy atom. The predicted molar refractivity (Wildman–Crippen MR) is 71.2 cm³/mol. The summed E-state index contributed by atoms with van der Waals surface area (Å²) < 4.78 is 0. The zero-order valence-electron chi connectivity index (χ0n) is 11.2. The van der Waals surface area contributed by atoms with Crippen molar-refractivity contribution >= 4 is 17.5 Å². The summed E-state index contributed by atoms with van der Waals surface area (Å²) in [5, 5.41) is 2.65. The van der Waals surface area contributed by atoms with E-state index in [9.17, 15) is 9.59 Å². The average molecular weight is 249 g/mol. The molecule has 98 valence electrons. The first-order valence-corrected chi connectivity index (χ1v) is 5.71.